The van der Waals surface area contributed by atoms with Crippen LogP contribution >= 0.6 is 11.6 Å². The molecule has 3 aromatic carbocycles. The van der Waals surface area contributed by atoms with Crippen molar-refractivity contribution in [3.63, 3.8) is 0 Å². The van der Waals surface area contributed by atoms with Crippen molar-refractivity contribution in [1.29, 1.82) is 0 Å². The van der Waals surface area contributed by atoms with Gasteiger partial charge in [0.2, 0.25) is 0 Å². The highest BCUT2D eigenvalue weighted by Crippen LogP contribution is 2.28. The Morgan fingerprint density at radius 1 is 0.923 bits per heavy atom. The summed E-state index contributed by atoms with van der Waals surface area (Å²) in [6, 6.07) is 22.5. The summed E-state index contributed by atoms with van der Waals surface area (Å²) in [6.07, 6.45) is 0. The molecule has 0 radical (unpaired) electrons. The van der Waals surface area contributed by atoms with E-state index in [1.807, 2.05) is 48.5 Å². The van der Waals surface area contributed by atoms with Gasteiger partial charge in [-0.1, -0.05) is 41.9 Å². The van der Waals surface area contributed by atoms with E-state index in [9.17, 15) is 5.11 Å². The summed E-state index contributed by atoms with van der Waals surface area (Å²) in [4.78, 5) is 9.53. The zero-order valence-corrected chi connectivity index (χ0v) is 14.6. The first-order valence-electron chi connectivity index (χ1n) is 8.22. The molecule has 0 atom stereocenters. The van der Waals surface area contributed by atoms with Crippen LogP contribution in [0, 0.1) is 0 Å². The van der Waals surface area contributed by atoms with Crippen LogP contribution < -0.4 is 5.32 Å². The minimum atomic E-state index is 0.225. The molecule has 1 heterocycles. The number of aromatic hydroxyl groups is 1. The van der Waals surface area contributed by atoms with E-state index in [0.29, 0.717) is 11.6 Å². The number of halogens is 1. The third-order valence-electron chi connectivity index (χ3n) is 4.06. The van der Waals surface area contributed by atoms with Gasteiger partial charge in [0.15, 0.2) is 0 Å². The number of aliphatic imine (C=N–C) groups is 2. The van der Waals surface area contributed by atoms with Crippen molar-refractivity contribution < 1.29 is 5.11 Å². The van der Waals surface area contributed by atoms with E-state index in [4.69, 9.17) is 21.6 Å². The monoisotopic (exact) mass is 361 g/mol. The molecule has 4 nitrogen and oxygen atoms in total. The van der Waals surface area contributed by atoms with Gasteiger partial charge in [-0.25, -0.2) is 4.99 Å². The number of anilines is 1. The molecule has 0 aromatic heterocycles. The molecule has 1 aliphatic heterocycles. The van der Waals surface area contributed by atoms with Crippen LogP contribution in [0.3, 0.4) is 0 Å². The van der Waals surface area contributed by atoms with Crippen molar-refractivity contribution in [3.8, 4) is 5.75 Å². The number of amidine groups is 1. The molecule has 1 aliphatic rings. The molecule has 0 fully saturated rings. The Balaban J connectivity index is 1.75. The first-order valence-corrected chi connectivity index (χ1v) is 8.60. The van der Waals surface area contributed by atoms with Gasteiger partial charge in [0.05, 0.1) is 17.9 Å². The van der Waals surface area contributed by atoms with Crippen molar-refractivity contribution >= 4 is 34.5 Å². The van der Waals surface area contributed by atoms with E-state index in [1.165, 1.54) is 0 Å². The SMILES string of the molecule is Oc1ccc(NC2=Nc3ccc(Cl)cc3C(c3ccccc3)=NC2)cc1. The van der Waals surface area contributed by atoms with Gasteiger partial charge >= 0.3 is 0 Å². The van der Waals surface area contributed by atoms with Crippen molar-refractivity contribution in [2.45, 2.75) is 0 Å². The smallest absolute Gasteiger partial charge is 0.128 e. The fraction of sp³-hybridized carbons (Fsp3) is 0.0476. The molecule has 0 spiro atoms. The Bertz CT molecular complexity index is 996. The van der Waals surface area contributed by atoms with E-state index < -0.39 is 0 Å². The first-order chi connectivity index (χ1) is 12.7. The number of phenols is 1. The van der Waals surface area contributed by atoms with Gasteiger partial charge in [-0.05, 0) is 42.5 Å². The normalized spacial score (nSPS) is 13.3. The molecule has 4 rings (SSSR count). The molecule has 5 heteroatoms. The van der Waals surface area contributed by atoms with Gasteiger partial charge in [0, 0.05) is 21.8 Å². The lowest BCUT2D eigenvalue weighted by molar-refractivity contribution is 0.475. The topological polar surface area (TPSA) is 57.0 Å². The summed E-state index contributed by atoms with van der Waals surface area (Å²) in [5, 5.41) is 13.4. The van der Waals surface area contributed by atoms with E-state index in [1.54, 1.807) is 24.3 Å². The number of benzene rings is 3. The second-order valence-corrected chi connectivity index (χ2v) is 6.36. The van der Waals surface area contributed by atoms with E-state index in [0.717, 1.165) is 34.0 Å². The Morgan fingerprint density at radius 2 is 1.69 bits per heavy atom. The Kier molecular flexibility index (Phi) is 4.42. The molecule has 2 N–H and O–H groups in total. The fourth-order valence-corrected chi connectivity index (χ4v) is 3.01. The van der Waals surface area contributed by atoms with Crippen molar-refractivity contribution in [2.75, 3.05) is 11.9 Å². The van der Waals surface area contributed by atoms with Gasteiger partial charge in [-0.3, -0.25) is 4.99 Å². The maximum atomic E-state index is 9.43. The third kappa shape index (κ3) is 3.46. The zero-order chi connectivity index (χ0) is 17.9. The number of fused-ring (bicyclic) bond motifs is 1. The van der Waals surface area contributed by atoms with Crippen LogP contribution in [0.25, 0.3) is 0 Å². The molecule has 0 saturated heterocycles. The summed E-state index contributed by atoms with van der Waals surface area (Å²) < 4.78 is 0. The predicted octanol–water partition coefficient (Wildman–Crippen LogP) is 5.04. The first kappa shape index (κ1) is 16.4. The number of phenolic OH excluding ortho intramolecular Hbond substituents is 1. The summed E-state index contributed by atoms with van der Waals surface area (Å²) in [5.41, 5.74) is 4.46. The number of rotatable bonds is 2. The van der Waals surface area contributed by atoms with Crippen LogP contribution in [-0.4, -0.2) is 23.2 Å². The van der Waals surface area contributed by atoms with Crippen LogP contribution in [0.4, 0.5) is 11.4 Å². The largest absolute Gasteiger partial charge is 0.508 e. The van der Waals surface area contributed by atoms with Crippen LogP contribution in [-0.2, 0) is 0 Å². The predicted molar refractivity (Wildman–Crippen MR) is 107 cm³/mol. The maximum Gasteiger partial charge on any atom is 0.128 e. The quantitative estimate of drug-likeness (QED) is 0.628. The highest BCUT2D eigenvalue weighted by molar-refractivity contribution is 6.31. The summed E-state index contributed by atoms with van der Waals surface area (Å²) in [5.74, 6) is 0.952. The fourth-order valence-electron chi connectivity index (χ4n) is 2.84. The van der Waals surface area contributed by atoms with E-state index in [-0.39, 0.29) is 5.75 Å². The summed E-state index contributed by atoms with van der Waals surface area (Å²) >= 11 is 6.22. The number of nitrogens with one attached hydrogen (secondary N) is 1. The lowest BCUT2D eigenvalue weighted by Crippen LogP contribution is -2.15. The van der Waals surface area contributed by atoms with Gasteiger partial charge in [-0.2, -0.15) is 0 Å². The second-order valence-electron chi connectivity index (χ2n) is 5.92. The Morgan fingerprint density at radius 3 is 2.46 bits per heavy atom. The zero-order valence-electron chi connectivity index (χ0n) is 13.9. The average Bonchev–Trinajstić information content (AvgIpc) is 2.83. The maximum absolute atomic E-state index is 9.43. The highest BCUT2D eigenvalue weighted by atomic mass is 35.5. The molecule has 0 saturated carbocycles. The molecule has 0 aliphatic carbocycles. The molecule has 3 aromatic rings. The second kappa shape index (κ2) is 7.02. The van der Waals surface area contributed by atoms with Gasteiger partial charge < -0.3 is 10.4 Å². The molecular formula is C21H16ClN3O. The molecule has 0 bridgehead atoms. The molecule has 0 unspecified atom stereocenters. The minimum Gasteiger partial charge on any atom is -0.508 e. The molecule has 0 amide bonds. The number of hydrogen-bond acceptors (Lipinski definition) is 4. The Labute approximate surface area is 156 Å². The van der Waals surface area contributed by atoms with E-state index >= 15 is 0 Å². The van der Waals surface area contributed by atoms with Gasteiger partial charge in [0.25, 0.3) is 0 Å². The van der Waals surface area contributed by atoms with Crippen molar-refractivity contribution in [2.24, 2.45) is 9.98 Å². The molecule has 26 heavy (non-hydrogen) atoms. The van der Waals surface area contributed by atoms with Crippen LogP contribution in [0.1, 0.15) is 11.1 Å². The van der Waals surface area contributed by atoms with Crippen molar-refractivity contribution in [3.05, 3.63) is 88.9 Å². The van der Waals surface area contributed by atoms with Gasteiger partial charge in [0.1, 0.15) is 11.6 Å². The van der Waals surface area contributed by atoms with Crippen LogP contribution in [0.5, 0.6) is 5.75 Å². The molecular weight excluding hydrogens is 346 g/mol. The average molecular weight is 362 g/mol. The lowest BCUT2D eigenvalue weighted by Gasteiger charge is -2.08. The van der Waals surface area contributed by atoms with Gasteiger partial charge in [-0.15, -0.1) is 0 Å². The van der Waals surface area contributed by atoms with Crippen LogP contribution in [0.15, 0.2) is 82.8 Å². The lowest BCUT2D eigenvalue weighted by atomic mass is 10.0. The number of nitrogens with zero attached hydrogens (tertiary/aromatic N) is 2. The van der Waals surface area contributed by atoms with Crippen molar-refractivity contribution in [1.82, 2.24) is 0 Å². The summed E-state index contributed by atoms with van der Waals surface area (Å²) in [7, 11) is 0. The third-order valence-corrected chi connectivity index (χ3v) is 4.29. The standard InChI is InChI=1S/C21H16ClN3O/c22-15-6-11-19-18(12-15)21(14-4-2-1-3-5-14)23-13-20(25-19)24-16-7-9-17(26)10-8-16/h1-12,26H,13H2,(H,24,25). The minimum absolute atomic E-state index is 0.225. The highest BCUT2D eigenvalue weighted by Gasteiger charge is 2.16. The number of hydrogen-bond donors (Lipinski definition) is 2. The Hall–Kier alpha value is -3.11. The van der Waals surface area contributed by atoms with E-state index in [2.05, 4.69) is 5.32 Å². The molecule has 128 valence electrons. The van der Waals surface area contributed by atoms with Crippen LogP contribution in [0.2, 0.25) is 5.02 Å². The summed E-state index contributed by atoms with van der Waals surface area (Å²) in [6.45, 7) is 0.414.